The SMILES string of the molecule is N#Cc1ccccc1-c1ccc(CNc2ccnc3ccnn23)cc1. The van der Waals surface area contributed by atoms with Crippen LogP contribution in [-0.4, -0.2) is 14.6 Å². The van der Waals surface area contributed by atoms with Gasteiger partial charge in [0.05, 0.1) is 17.8 Å². The summed E-state index contributed by atoms with van der Waals surface area (Å²) in [7, 11) is 0. The van der Waals surface area contributed by atoms with Crippen LogP contribution < -0.4 is 5.32 Å². The van der Waals surface area contributed by atoms with Crippen LogP contribution in [0.3, 0.4) is 0 Å². The van der Waals surface area contributed by atoms with Crippen molar-refractivity contribution in [3.63, 3.8) is 0 Å². The third-order valence-electron chi connectivity index (χ3n) is 4.08. The maximum Gasteiger partial charge on any atom is 0.157 e. The average molecular weight is 325 g/mol. The van der Waals surface area contributed by atoms with E-state index in [9.17, 15) is 5.26 Å². The molecule has 0 bridgehead atoms. The Morgan fingerprint density at radius 2 is 1.80 bits per heavy atom. The summed E-state index contributed by atoms with van der Waals surface area (Å²) in [4.78, 5) is 4.25. The molecule has 0 aliphatic carbocycles. The summed E-state index contributed by atoms with van der Waals surface area (Å²) in [5.74, 6) is 0.897. The molecule has 5 nitrogen and oxygen atoms in total. The third-order valence-corrected chi connectivity index (χ3v) is 4.08. The summed E-state index contributed by atoms with van der Waals surface area (Å²) < 4.78 is 1.78. The topological polar surface area (TPSA) is 66.0 Å². The maximum absolute atomic E-state index is 9.24. The van der Waals surface area contributed by atoms with Crippen LogP contribution >= 0.6 is 0 Å². The molecule has 5 heteroatoms. The van der Waals surface area contributed by atoms with E-state index in [1.165, 1.54) is 0 Å². The van der Waals surface area contributed by atoms with Crippen LogP contribution in [0.2, 0.25) is 0 Å². The smallest absolute Gasteiger partial charge is 0.157 e. The molecule has 25 heavy (non-hydrogen) atoms. The summed E-state index contributed by atoms with van der Waals surface area (Å²) in [6.45, 7) is 0.680. The molecule has 4 aromatic rings. The van der Waals surface area contributed by atoms with Crippen LogP contribution in [0.15, 0.2) is 73.1 Å². The van der Waals surface area contributed by atoms with Gasteiger partial charge in [-0.2, -0.15) is 14.9 Å². The Morgan fingerprint density at radius 1 is 0.960 bits per heavy atom. The van der Waals surface area contributed by atoms with Crippen LogP contribution in [0.5, 0.6) is 0 Å². The summed E-state index contributed by atoms with van der Waals surface area (Å²) in [6.07, 6.45) is 3.50. The van der Waals surface area contributed by atoms with Gasteiger partial charge in [-0.25, -0.2) is 4.98 Å². The van der Waals surface area contributed by atoms with E-state index >= 15 is 0 Å². The molecule has 0 radical (unpaired) electrons. The fourth-order valence-electron chi connectivity index (χ4n) is 2.80. The van der Waals surface area contributed by atoms with Gasteiger partial charge < -0.3 is 5.32 Å². The van der Waals surface area contributed by atoms with Gasteiger partial charge >= 0.3 is 0 Å². The van der Waals surface area contributed by atoms with Gasteiger partial charge in [0.15, 0.2) is 5.65 Å². The standard InChI is InChI=1S/C20H15N5/c21-13-17-3-1-2-4-18(17)16-7-5-15(6-8-16)14-23-20-9-11-22-19-10-12-24-25(19)20/h1-12,23H,14H2. The van der Waals surface area contributed by atoms with Crippen LogP contribution in [0.4, 0.5) is 5.82 Å². The Kier molecular flexibility index (Phi) is 3.85. The van der Waals surface area contributed by atoms with Gasteiger partial charge in [-0.05, 0) is 28.8 Å². The first-order valence-corrected chi connectivity index (χ1v) is 7.96. The van der Waals surface area contributed by atoms with E-state index in [-0.39, 0.29) is 0 Å². The molecule has 2 aromatic carbocycles. The molecule has 0 amide bonds. The van der Waals surface area contributed by atoms with Crippen molar-refractivity contribution in [2.24, 2.45) is 0 Å². The van der Waals surface area contributed by atoms with Crippen LogP contribution in [0, 0.1) is 11.3 Å². The average Bonchev–Trinajstić information content (AvgIpc) is 3.16. The van der Waals surface area contributed by atoms with E-state index in [0.717, 1.165) is 28.2 Å². The highest BCUT2D eigenvalue weighted by Crippen LogP contribution is 2.23. The van der Waals surface area contributed by atoms with Crippen molar-refractivity contribution >= 4 is 11.5 Å². The second-order valence-corrected chi connectivity index (χ2v) is 5.64. The number of nitriles is 1. The zero-order valence-corrected chi connectivity index (χ0v) is 13.4. The number of nitrogens with one attached hydrogen (secondary N) is 1. The van der Waals surface area contributed by atoms with Crippen LogP contribution in [0.25, 0.3) is 16.8 Å². The first-order chi connectivity index (χ1) is 12.3. The highest BCUT2D eigenvalue weighted by molar-refractivity contribution is 5.70. The molecule has 0 spiro atoms. The van der Waals surface area contributed by atoms with Gasteiger partial charge in [-0.3, -0.25) is 0 Å². The Balaban J connectivity index is 1.53. The van der Waals surface area contributed by atoms with Crippen molar-refractivity contribution in [1.29, 1.82) is 5.26 Å². The van der Waals surface area contributed by atoms with Gasteiger partial charge in [0, 0.05) is 18.8 Å². The molecule has 0 fully saturated rings. The van der Waals surface area contributed by atoms with Crippen LogP contribution in [-0.2, 0) is 6.54 Å². The third kappa shape index (κ3) is 2.93. The molecular weight excluding hydrogens is 310 g/mol. The Bertz CT molecular complexity index is 1060. The van der Waals surface area contributed by atoms with E-state index in [0.29, 0.717) is 12.1 Å². The maximum atomic E-state index is 9.24. The number of anilines is 1. The van der Waals surface area contributed by atoms with Gasteiger partial charge in [0.1, 0.15) is 5.82 Å². The molecule has 0 unspecified atom stereocenters. The first-order valence-electron chi connectivity index (χ1n) is 7.96. The zero-order chi connectivity index (χ0) is 17.1. The van der Waals surface area contributed by atoms with Gasteiger partial charge in [0.25, 0.3) is 0 Å². The highest BCUT2D eigenvalue weighted by atomic mass is 15.3. The fourth-order valence-corrected chi connectivity index (χ4v) is 2.80. The van der Waals surface area contributed by atoms with E-state index < -0.39 is 0 Å². The zero-order valence-electron chi connectivity index (χ0n) is 13.4. The lowest BCUT2D eigenvalue weighted by Gasteiger charge is -2.09. The number of nitrogens with zero attached hydrogens (tertiary/aromatic N) is 4. The fraction of sp³-hybridized carbons (Fsp3) is 0.0500. The number of rotatable bonds is 4. The van der Waals surface area contributed by atoms with Gasteiger partial charge in [0.2, 0.25) is 0 Å². The number of hydrogen-bond acceptors (Lipinski definition) is 4. The lowest BCUT2D eigenvalue weighted by Crippen LogP contribution is -2.05. The molecule has 0 aliphatic heterocycles. The second-order valence-electron chi connectivity index (χ2n) is 5.64. The predicted octanol–water partition coefficient (Wildman–Crippen LogP) is 3.88. The Hall–Kier alpha value is -3.65. The number of hydrogen-bond donors (Lipinski definition) is 1. The molecule has 2 aromatic heterocycles. The Morgan fingerprint density at radius 3 is 2.64 bits per heavy atom. The van der Waals surface area contributed by atoms with E-state index in [1.54, 1.807) is 16.9 Å². The van der Waals surface area contributed by atoms with Crippen molar-refractivity contribution in [3.8, 4) is 17.2 Å². The van der Waals surface area contributed by atoms with Crippen molar-refractivity contribution < 1.29 is 0 Å². The van der Waals surface area contributed by atoms with Crippen LogP contribution in [0.1, 0.15) is 11.1 Å². The largest absolute Gasteiger partial charge is 0.366 e. The summed E-state index contributed by atoms with van der Waals surface area (Å²) >= 11 is 0. The molecule has 4 rings (SSSR count). The molecule has 1 N–H and O–H groups in total. The van der Waals surface area contributed by atoms with Crippen molar-refractivity contribution in [3.05, 3.63) is 84.2 Å². The lowest BCUT2D eigenvalue weighted by atomic mass is 9.99. The van der Waals surface area contributed by atoms with E-state index in [2.05, 4.69) is 33.6 Å². The quantitative estimate of drug-likeness (QED) is 0.618. The number of fused-ring (bicyclic) bond motifs is 1. The minimum atomic E-state index is 0.680. The molecule has 120 valence electrons. The Labute approximate surface area is 145 Å². The normalized spacial score (nSPS) is 10.5. The molecule has 0 aliphatic rings. The highest BCUT2D eigenvalue weighted by Gasteiger charge is 2.05. The summed E-state index contributed by atoms with van der Waals surface area (Å²) in [5.41, 5.74) is 4.64. The molecule has 0 atom stereocenters. The van der Waals surface area contributed by atoms with E-state index in [1.807, 2.05) is 48.5 Å². The second kappa shape index (κ2) is 6.46. The first kappa shape index (κ1) is 14.9. The lowest BCUT2D eigenvalue weighted by molar-refractivity contribution is 0.925. The number of aromatic nitrogens is 3. The molecule has 0 saturated heterocycles. The molecule has 2 heterocycles. The van der Waals surface area contributed by atoms with E-state index in [4.69, 9.17) is 0 Å². The van der Waals surface area contributed by atoms with Crippen molar-refractivity contribution in [2.75, 3.05) is 5.32 Å². The monoisotopic (exact) mass is 325 g/mol. The van der Waals surface area contributed by atoms with Crippen molar-refractivity contribution in [2.45, 2.75) is 6.54 Å². The molecule has 0 saturated carbocycles. The molecular formula is C20H15N5. The summed E-state index contributed by atoms with van der Waals surface area (Å²) in [5, 5.41) is 16.9. The van der Waals surface area contributed by atoms with Gasteiger partial charge in [-0.15, -0.1) is 0 Å². The van der Waals surface area contributed by atoms with Gasteiger partial charge in [-0.1, -0.05) is 42.5 Å². The van der Waals surface area contributed by atoms with Crippen molar-refractivity contribution in [1.82, 2.24) is 14.6 Å². The summed E-state index contributed by atoms with van der Waals surface area (Å²) in [6, 6.07) is 21.9. The minimum Gasteiger partial charge on any atom is -0.366 e. The predicted molar refractivity (Wildman–Crippen MR) is 96.9 cm³/mol. The minimum absolute atomic E-state index is 0.680. The number of benzene rings is 2.